The van der Waals surface area contributed by atoms with E-state index < -0.39 is 24.8 Å². The summed E-state index contributed by atoms with van der Waals surface area (Å²) in [4.78, 5) is 0.0641. The van der Waals surface area contributed by atoms with Gasteiger partial charge in [-0.2, -0.15) is 18.3 Å². The highest BCUT2D eigenvalue weighted by molar-refractivity contribution is 7.98. The van der Waals surface area contributed by atoms with E-state index in [-0.39, 0.29) is 9.58 Å². The summed E-state index contributed by atoms with van der Waals surface area (Å²) in [5.41, 5.74) is -0.681. The molecule has 0 N–H and O–H groups in total. The van der Waals surface area contributed by atoms with Crippen LogP contribution < -0.4 is 0 Å². The van der Waals surface area contributed by atoms with Gasteiger partial charge in [-0.3, -0.25) is 4.68 Å². The number of alkyl halides is 5. The third-order valence-corrected chi connectivity index (χ3v) is 2.35. The van der Waals surface area contributed by atoms with Crippen LogP contribution in [0.3, 0.4) is 0 Å². The summed E-state index contributed by atoms with van der Waals surface area (Å²) in [6.45, 7) is -1.49. The van der Waals surface area contributed by atoms with Gasteiger partial charge >= 0.3 is 6.18 Å². The number of thioether (sulfide) groups is 1. The molecule has 2 nitrogen and oxygen atoms in total. The predicted molar refractivity (Wildman–Crippen MR) is 45.0 cm³/mol. The van der Waals surface area contributed by atoms with Crippen LogP contribution >= 0.6 is 11.8 Å². The summed E-state index contributed by atoms with van der Waals surface area (Å²) in [6, 6.07) is 0. The van der Waals surface area contributed by atoms with Crippen LogP contribution in [0.25, 0.3) is 0 Å². The molecule has 0 saturated carbocycles. The quantitative estimate of drug-likeness (QED) is 0.602. The molecule has 0 unspecified atom stereocenters. The van der Waals surface area contributed by atoms with E-state index in [4.69, 9.17) is 0 Å². The van der Waals surface area contributed by atoms with E-state index in [2.05, 4.69) is 5.10 Å². The van der Waals surface area contributed by atoms with Gasteiger partial charge < -0.3 is 0 Å². The molecule has 0 aliphatic rings. The molecule has 1 aromatic rings. The molecule has 86 valence electrons. The molecule has 1 rings (SSSR count). The van der Waals surface area contributed by atoms with Gasteiger partial charge in [0.1, 0.15) is 12.2 Å². The van der Waals surface area contributed by atoms with Gasteiger partial charge in [-0.1, -0.05) is 0 Å². The molecule has 0 radical (unpaired) electrons. The molecule has 0 spiro atoms. The Balaban J connectivity index is 3.03. The van der Waals surface area contributed by atoms with Gasteiger partial charge in [0.05, 0.1) is 11.1 Å². The summed E-state index contributed by atoms with van der Waals surface area (Å²) in [5, 5.41) is 3.29. The molecule has 0 aromatic carbocycles. The molecule has 8 heteroatoms. The summed E-state index contributed by atoms with van der Waals surface area (Å²) in [7, 11) is 0. The number of nitrogens with zero attached hydrogens (tertiary/aromatic N) is 2. The van der Waals surface area contributed by atoms with E-state index in [1.54, 1.807) is 0 Å². The average Bonchev–Trinajstić information content (AvgIpc) is 2.44. The maximum atomic E-state index is 12.4. The lowest BCUT2D eigenvalue weighted by atomic mass is 10.4. The van der Waals surface area contributed by atoms with Crippen molar-refractivity contribution in [1.29, 1.82) is 0 Å². The van der Waals surface area contributed by atoms with Crippen molar-refractivity contribution in [2.75, 3.05) is 6.26 Å². The minimum absolute atomic E-state index is 0.0641. The third-order valence-electron chi connectivity index (χ3n) is 1.60. The first-order chi connectivity index (χ1) is 6.85. The minimum Gasteiger partial charge on any atom is -0.253 e. The normalized spacial score (nSPS) is 12.5. The van der Waals surface area contributed by atoms with Gasteiger partial charge in [-0.05, 0) is 6.26 Å². The molecule has 0 saturated heterocycles. The molecular formula is C7H7F5N2S. The SMILES string of the molecule is CSc1cnn(CC(F)(F)F)c1C(F)F. The van der Waals surface area contributed by atoms with Gasteiger partial charge in [-0.15, -0.1) is 11.8 Å². The Morgan fingerprint density at radius 3 is 2.47 bits per heavy atom. The third kappa shape index (κ3) is 3.08. The van der Waals surface area contributed by atoms with Gasteiger partial charge in [0.2, 0.25) is 0 Å². The minimum atomic E-state index is -4.55. The zero-order valence-electron chi connectivity index (χ0n) is 7.55. The van der Waals surface area contributed by atoms with Crippen LogP contribution in [0.2, 0.25) is 0 Å². The Morgan fingerprint density at radius 2 is 2.07 bits per heavy atom. The van der Waals surface area contributed by atoms with E-state index in [9.17, 15) is 22.0 Å². The molecule has 15 heavy (non-hydrogen) atoms. The lowest BCUT2D eigenvalue weighted by Crippen LogP contribution is -2.20. The number of hydrogen-bond acceptors (Lipinski definition) is 2. The number of hydrogen-bond donors (Lipinski definition) is 0. The standard InChI is InChI=1S/C7H7F5N2S/c1-15-4-2-13-14(3-7(10,11)12)5(4)6(8)9/h2,6H,3H2,1H3. The van der Waals surface area contributed by atoms with Crippen molar-refractivity contribution < 1.29 is 22.0 Å². The van der Waals surface area contributed by atoms with Crippen LogP contribution in [0.1, 0.15) is 12.1 Å². The summed E-state index contributed by atoms with van der Waals surface area (Å²) >= 11 is 0.940. The van der Waals surface area contributed by atoms with Gasteiger partial charge in [0, 0.05) is 0 Å². The Bertz CT molecular complexity index is 333. The number of rotatable bonds is 3. The Labute approximate surface area is 86.4 Å². The smallest absolute Gasteiger partial charge is 0.253 e. The highest BCUT2D eigenvalue weighted by Crippen LogP contribution is 2.30. The van der Waals surface area contributed by atoms with E-state index in [0.717, 1.165) is 18.0 Å². The van der Waals surface area contributed by atoms with Gasteiger partial charge in [-0.25, -0.2) is 8.78 Å². The second-order valence-corrected chi connectivity index (χ2v) is 3.52. The lowest BCUT2D eigenvalue weighted by Gasteiger charge is -2.10. The predicted octanol–water partition coefficient (Wildman–Crippen LogP) is 3.10. The fraction of sp³-hybridized carbons (Fsp3) is 0.571. The van der Waals surface area contributed by atoms with Crippen molar-refractivity contribution in [1.82, 2.24) is 9.78 Å². The molecule has 0 atom stereocenters. The van der Waals surface area contributed by atoms with Crippen molar-refractivity contribution in [3.8, 4) is 0 Å². The summed E-state index contributed by atoms with van der Waals surface area (Å²) in [5.74, 6) is 0. The fourth-order valence-electron chi connectivity index (χ4n) is 1.05. The second kappa shape index (κ2) is 4.38. The molecule has 0 aliphatic carbocycles. The first-order valence-electron chi connectivity index (χ1n) is 3.79. The van der Waals surface area contributed by atoms with E-state index in [1.165, 1.54) is 6.26 Å². The van der Waals surface area contributed by atoms with Crippen LogP contribution in [0.4, 0.5) is 22.0 Å². The largest absolute Gasteiger partial charge is 0.408 e. The van der Waals surface area contributed by atoms with Crippen LogP contribution in [-0.2, 0) is 6.54 Å². The number of halogens is 5. The monoisotopic (exact) mass is 246 g/mol. The Hall–Kier alpha value is -0.790. The fourth-order valence-corrected chi connectivity index (χ4v) is 1.61. The van der Waals surface area contributed by atoms with Crippen LogP contribution in [0.15, 0.2) is 11.1 Å². The maximum Gasteiger partial charge on any atom is 0.408 e. The molecule has 0 amide bonds. The van der Waals surface area contributed by atoms with Crippen molar-refractivity contribution in [2.45, 2.75) is 24.0 Å². The molecule has 1 heterocycles. The number of aromatic nitrogens is 2. The first kappa shape index (κ1) is 12.3. The highest BCUT2D eigenvalue weighted by Gasteiger charge is 2.32. The van der Waals surface area contributed by atoms with E-state index in [1.807, 2.05) is 0 Å². The van der Waals surface area contributed by atoms with Crippen LogP contribution in [-0.4, -0.2) is 22.2 Å². The van der Waals surface area contributed by atoms with Gasteiger partial charge in [0.15, 0.2) is 0 Å². The first-order valence-corrected chi connectivity index (χ1v) is 5.02. The van der Waals surface area contributed by atoms with Crippen molar-refractivity contribution in [3.63, 3.8) is 0 Å². The topological polar surface area (TPSA) is 17.8 Å². The Morgan fingerprint density at radius 1 is 1.47 bits per heavy atom. The second-order valence-electron chi connectivity index (χ2n) is 2.67. The van der Waals surface area contributed by atoms with E-state index in [0.29, 0.717) is 0 Å². The molecule has 0 bridgehead atoms. The lowest BCUT2D eigenvalue weighted by molar-refractivity contribution is -0.143. The van der Waals surface area contributed by atoms with Crippen molar-refractivity contribution in [2.24, 2.45) is 0 Å². The average molecular weight is 246 g/mol. The molecule has 1 aromatic heterocycles. The van der Waals surface area contributed by atoms with Crippen molar-refractivity contribution in [3.05, 3.63) is 11.9 Å². The molecular weight excluding hydrogens is 239 g/mol. The highest BCUT2D eigenvalue weighted by atomic mass is 32.2. The zero-order chi connectivity index (χ0) is 11.6. The van der Waals surface area contributed by atoms with Crippen LogP contribution in [0, 0.1) is 0 Å². The summed E-state index contributed by atoms with van der Waals surface area (Å²) < 4.78 is 61.1. The van der Waals surface area contributed by atoms with Gasteiger partial charge in [0.25, 0.3) is 6.43 Å². The Kier molecular flexibility index (Phi) is 3.58. The maximum absolute atomic E-state index is 12.4. The van der Waals surface area contributed by atoms with Crippen LogP contribution in [0.5, 0.6) is 0 Å². The molecule has 0 fully saturated rings. The molecule has 0 aliphatic heterocycles. The zero-order valence-corrected chi connectivity index (χ0v) is 8.37. The summed E-state index contributed by atoms with van der Waals surface area (Å²) in [6.07, 6.45) is -5.00. The van der Waals surface area contributed by atoms with Crippen molar-refractivity contribution >= 4 is 11.8 Å². The van der Waals surface area contributed by atoms with E-state index >= 15 is 0 Å².